The van der Waals surface area contributed by atoms with Crippen molar-refractivity contribution in [3.8, 4) is 0 Å². The van der Waals surface area contributed by atoms with Crippen molar-refractivity contribution in [3.05, 3.63) is 35.9 Å². The summed E-state index contributed by atoms with van der Waals surface area (Å²) in [5.41, 5.74) is 0.184. The van der Waals surface area contributed by atoms with Crippen LogP contribution in [0.2, 0.25) is 0 Å². The lowest BCUT2D eigenvalue weighted by atomic mass is 9.69. The van der Waals surface area contributed by atoms with Gasteiger partial charge in [-0.3, -0.25) is 0 Å². The Bertz CT molecular complexity index is 678. The Morgan fingerprint density at radius 2 is 1.37 bits per heavy atom. The van der Waals surface area contributed by atoms with Crippen molar-refractivity contribution in [2.75, 3.05) is 0 Å². The van der Waals surface area contributed by atoms with Crippen molar-refractivity contribution < 1.29 is 19.4 Å². The molecular weight excluding hydrogens is 379 g/mol. The second-order valence-electron chi connectivity index (χ2n) is 8.60. The number of hydrogen-bond acceptors (Lipinski definition) is 0. The molecule has 0 heterocycles. The first-order valence-corrected chi connectivity index (χ1v) is 11.9. The van der Waals surface area contributed by atoms with Gasteiger partial charge < -0.3 is 0 Å². The monoisotopic (exact) mass is 408 g/mol. The van der Waals surface area contributed by atoms with Gasteiger partial charge in [0.05, 0.1) is 0 Å². The zero-order chi connectivity index (χ0) is 19.8. The Labute approximate surface area is 159 Å². The summed E-state index contributed by atoms with van der Waals surface area (Å²) >= 11 is 0. The van der Waals surface area contributed by atoms with Gasteiger partial charge in [-0.15, -0.1) is 0 Å². The normalized spacial score (nSPS) is 32.8. The van der Waals surface area contributed by atoms with Gasteiger partial charge in [0.25, 0.3) is 0 Å². The Kier molecular flexibility index (Phi) is 5.20. The first kappa shape index (κ1) is 20.7. The van der Waals surface area contributed by atoms with E-state index in [9.17, 15) is 19.4 Å². The predicted octanol–water partition coefficient (Wildman–Crippen LogP) is 8.99. The third-order valence-corrected chi connectivity index (χ3v) is 7.55. The van der Waals surface area contributed by atoms with E-state index in [0.717, 1.165) is 36.7 Å². The quantitative estimate of drug-likeness (QED) is 0.436. The molecule has 0 radical (unpaired) electrons. The fourth-order valence-corrected chi connectivity index (χ4v) is 5.37. The van der Waals surface area contributed by atoms with Gasteiger partial charge in [0, 0.05) is 0 Å². The maximum Gasteiger partial charge on any atom is 0.310 e. The molecule has 2 aliphatic rings. The molecule has 0 unspecified atom stereocenters. The van der Waals surface area contributed by atoms with Crippen LogP contribution in [-0.2, 0) is 0 Å². The number of hydrogen-bond donors (Lipinski definition) is 0. The number of halogens is 5. The third kappa shape index (κ3) is 5.72. The molecule has 1 aromatic carbocycles. The zero-order valence-corrected chi connectivity index (χ0v) is 16.5. The number of benzene rings is 1. The summed E-state index contributed by atoms with van der Waals surface area (Å²) in [5.74, 6) is 2.79. The van der Waals surface area contributed by atoms with Gasteiger partial charge in [-0.05, 0) is 79.9 Å². The van der Waals surface area contributed by atoms with Gasteiger partial charge in [-0.25, -0.2) is 0 Å². The molecule has 0 aromatic heterocycles. The van der Waals surface area contributed by atoms with Crippen LogP contribution in [0.5, 0.6) is 0 Å². The topological polar surface area (TPSA) is 0 Å². The Morgan fingerprint density at radius 1 is 0.815 bits per heavy atom. The first-order valence-electron chi connectivity index (χ1n) is 9.93. The summed E-state index contributed by atoms with van der Waals surface area (Å²) in [4.78, 5) is -1.81. The minimum absolute atomic E-state index is 0.184. The molecular formula is C21H29F5S. The zero-order valence-electron chi connectivity index (χ0n) is 15.7. The lowest BCUT2D eigenvalue weighted by Crippen LogP contribution is -2.24. The summed E-state index contributed by atoms with van der Waals surface area (Å²) in [6, 6.07) is 3.51. The first-order chi connectivity index (χ1) is 12.4. The average Bonchev–Trinajstić information content (AvgIpc) is 2.60. The van der Waals surface area contributed by atoms with E-state index in [2.05, 4.69) is 6.92 Å². The van der Waals surface area contributed by atoms with Gasteiger partial charge in [-0.1, -0.05) is 63.5 Å². The molecule has 2 aliphatic carbocycles. The van der Waals surface area contributed by atoms with Crippen molar-refractivity contribution in [2.24, 2.45) is 23.7 Å². The summed E-state index contributed by atoms with van der Waals surface area (Å²) in [5, 5.41) is 0. The summed E-state index contributed by atoms with van der Waals surface area (Å²) < 4.78 is 64.7. The molecule has 0 nitrogen and oxygen atoms in total. The van der Waals surface area contributed by atoms with E-state index >= 15 is 0 Å². The van der Waals surface area contributed by atoms with Gasteiger partial charge in [-0.2, -0.15) is 0 Å². The van der Waals surface area contributed by atoms with Crippen LogP contribution in [0, 0.1) is 23.7 Å². The van der Waals surface area contributed by atoms with E-state index < -0.39 is 15.1 Å². The smallest absolute Gasteiger partial charge is 0.0936 e. The molecule has 3 rings (SSSR count). The van der Waals surface area contributed by atoms with E-state index in [1.807, 2.05) is 6.08 Å². The van der Waals surface area contributed by atoms with E-state index in [4.69, 9.17) is 0 Å². The highest BCUT2D eigenvalue weighted by atomic mass is 32.5. The fourth-order valence-electron chi connectivity index (χ4n) is 4.67. The molecule has 0 N–H and O–H groups in total. The molecule has 2 fully saturated rings. The molecule has 0 aliphatic heterocycles. The Morgan fingerprint density at radius 3 is 1.93 bits per heavy atom. The van der Waals surface area contributed by atoms with Gasteiger partial charge >= 0.3 is 10.2 Å². The number of allylic oxidation sites excluding steroid dienone is 1. The lowest BCUT2D eigenvalue weighted by Gasteiger charge is -2.40. The van der Waals surface area contributed by atoms with Gasteiger partial charge in [0.1, 0.15) is 4.90 Å². The minimum Gasteiger partial charge on any atom is -0.0936 e. The molecule has 0 amide bonds. The Balaban J connectivity index is 1.57. The summed E-state index contributed by atoms with van der Waals surface area (Å²) in [7, 11) is -9.61. The molecule has 0 bridgehead atoms. The third-order valence-electron chi connectivity index (χ3n) is 6.41. The molecule has 154 valence electrons. The van der Waals surface area contributed by atoms with Crippen LogP contribution < -0.4 is 0 Å². The van der Waals surface area contributed by atoms with Crippen molar-refractivity contribution >= 4 is 16.3 Å². The van der Waals surface area contributed by atoms with Crippen LogP contribution in [0.1, 0.15) is 63.9 Å². The standard InChI is InChI=1S/C21H29F5S/c1-16-5-11-19(12-6-16)20-13-9-17(10-14-20)7-8-18-3-2-4-21(15-18)27(22,23,24,25)26/h2-4,7-8,15-17,19-20H,5-6,9-14H2,1H3/b8-7+. The molecule has 2 saturated carbocycles. The van der Waals surface area contributed by atoms with Crippen LogP contribution in [0.15, 0.2) is 35.2 Å². The lowest BCUT2D eigenvalue weighted by molar-refractivity contribution is 0.160. The van der Waals surface area contributed by atoms with Gasteiger partial charge in [0.15, 0.2) is 0 Å². The maximum absolute atomic E-state index is 12.9. The van der Waals surface area contributed by atoms with E-state index in [0.29, 0.717) is 18.1 Å². The molecule has 27 heavy (non-hydrogen) atoms. The summed E-state index contributed by atoms with van der Waals surface area (Å²) in [6.07, 6.45) is 13.2. The van der Waals surface area contributed by atoms with Crippen molar-refractivity contribution in [2.45, 2.75) is 63.2 Å². The van der Waals surface area contributed by atoms with E-state index in [-0.39, 0.29) is 5.56 Å². The molecule has 0 saturated heterocycles. The molecule has 0 spiro atoms. The Hall–Kier alpha value is -1.04. The number of rotatable bonds is 4. The van der Waals surface area contributed by atoms with Gasteiger partial charge in [0.2, 0.25) is 0 Å². The van der Waals surface area contributed by atoms with Crippen LogP contribution in [0.3, 0.4) is 0 Å². The SMILES string of the molecule is CC1CCC(C2CCC(/C=C/c3cccc(S(F)(F)(F)(F)F)c3)CC2)CC1. The van der Waals surface area contributed by atoms with Crippen molar-refractivity contribution in [3.63, 3.8) is 0 Å². The minimum atomic E-state index is -9.61. The van der Waals surface area contributed by atoms with Crippen molar-refractivity contribution in [1.82, 2.24) is 0 Å². The predicted molar refractivity (Wildman–Crippen MR) is 103 cm³/mol. The maximum atomic E-state index is 12.9. The summed E-state index contributed by atoms with van der Waals surface area (Å²) in [6.45, 7) is 2.32. The van der Waals surface area contributed by atoms with Crippen LogP contribution in [-0.4, -0.2) is 0 Å². The van der Waals surface area contributed by atoms with Crippen LogP contribution >= 0.6 is 10.2 Å². The average molecular weight is 409 g/mol. The highest BCUT2D eigenvalue weighted by Crippen LogP contribution is 3.02. The van der Waals surface area contributed by atoms with Crippen LogP contribution in [0.4, 0.5) is 19.4 Å². The fraction of sp³-hybridized carbons (Fsp3) is 0.619. The molecule has 6 heteroatoms. The molecule has 0 atom stereocenters. The second kappa shape index (κ2) is 6.78. The largest absolute Gasteiger partial charge is 0.310 e. The highest BCUT2D eigenvalue weighted by molar-refractivity contribution is 8.45. The van der Waals surface area contributed by atoms with E-state index in [1.54, 1.807) is 6.08 Å². The van der Waals surface area contributed by atoms with E-state index in [1.165, 1.54) is 44.6 Å². The second-order valence-corrected chi connectivity index (χ2v) is 11.0. The highest BCUT2D eigenvalue weighted by Gasteiger charge is 2.65. The van der Waals surface area contributed by atoms with Crippen molar-refractivity contribution in [1.29, 1.82) is 0 Å². The van der Waals surface area contributed by atoms with Crippen LogP contribution in [0.25, 0.3) is 6.08 Å². The molecule has 1 aromatic rings.